The van der Waals surface area contributed by atoms with Crippen molar-refractivity contribution in [2.45, 2.75) is 40.5 Å². The van der Waals surface area contributed by atoms with Crippen LogP contribution in [0.1, 0.15) is 40.5 Å². The Labute approximate surface area is 89.1 Å². The van der Waals surface area contributed by atoms with Gasteiger partial charge in [0.05, 0.1) is 26.7 Å². The molecule has 0 aromatic heterocycles. The number of likely N-dealkylation sites (tertiary alicyclic amines) is 1. The van der Waals surface area contributed by atoms with E-state index in [-0.39, 0.29) is 0 Å². The van der Waals surface area contributed by atoms with Crippen LogP contribution in [0.3, 0.4) is 0 Å². The van der Waals surface area contributed by atoms with E-state index < -0.39 is 0 Å². The summed E-state index contributed by atoms with van der Waals surface area (Å²) in [5.74, 6) is 0.964. The third-order valence-electron chi connectivity index (χ3n) is 5.78. The molecule has 2 fully saturated rings. The van der Waals surface area contributed by atoms with E-state index in [0.717, 1.165) is 5.92 Å². The van der Waals surface area contributed by atoms with Gasteiger partial charge in [-0.2, -0.15) is 0 Å². The van der Waals surface area contributed by atoms with Gasteiger partial charge in [0.15, 0.2) is 0 Å². The van der Waals surface area contributed by atoms with Crippen LogP contribution in [0.25, 0.3) is 0 Å². The normalized spacial score (nSPS) is 50.8. The van der Waals surface area contributed by atoms with Crippen molar-refractivity contribution < 1.29 is 4.48 Å². The maximum atomic E-state index is 2.53. The fourth-order valence-electron chi connectivity index (χ4n) is 3.95. The monoisotopic (exact) mass is 196 g/mol. The van der Waals surface area contributed by atoms with Crippen LogP contribution in [-0.4, -0.2) is 31.2 Å². The Morgan fingerprint density at radius 3 is 2.43 bits per heavy atom. The second kappa shape index (κ2) is 2.75. The Balaban J connectivity index is 2.31. The number of nitrogens with zero attached hydrogens (tertiary/aromatic N) is 1. The highest BCUT2D eigenvalue weighted by Crippen LogP contribution is 2.60. The average molecular weight is 196 g/mol. The molecule has 1 heterocycles. The molecule has 14 heavy (non-hydrogen) atoms. The molecule has 2 aliphatic rings. The number of piperidine rings is 1. The minimum Gasteiger partial charge on any atom is -0.326 e. The van der Waals surface area contributed by atoms with E-state index in [1.807, 2.05) is 0 Å². The summed E-state index contributed by atoms with van der Waals surface area (Å²) in [6.07, 6.45) is 2.93. The maximum Gasteiger partial charge on any atom is 0.0844 e. The van der Waals surface area contributed by atoms with Crippen molar-refractivity contribution >= 4 is 0 Å². The number of hydrogen-bond acceptors (Lipinski definition) is 0. The van der Waals surface area contributed by atoms with E-state index >= 15 is 0 Å². The van der Waals surface area contributed by atoms with Gasteiger partial charge in [0.25, 0.3) is 0 Å². The van der Waals surface area contributed by atoms with E-state index in [1.54, 1.807) is 0 Å². The van der Waals surface area contributed by atoms with Crippen molar-refractivity contribution in [2.24, 2.45) is 16.7 Å². The van der Waals surface area contributed by atoms with Crippen LogP contribution >= 0.6 is 0 Å². The summed E-state index contributed by atoms with van der Waals surface area (Å²) >= 11 is 0. The largest absolute Gasteiger partial charge is 0.326 e. The summed E-state index contributed by atoms with van der Waals surface area (Å²) < 4.78 is 1.31. The van der Waals surface area contributed by atoms with Crippen molar-refractivity contribution in [3.63, 3.8) is 0 Å². The fraction of sp³-hybridized carbons (Fsp3) is 1.00. The van der Waals surface area contributed by atoms with Gasteiger partial charge in [-0.15, -0.1) is 0 Å². The summed E-state index contributed by atoms with van der Waals surface area (Å²) in [5.41, 5.74) is 1.18. The summed E-state index contributed by atoms with van der Waals surface area (Å²) in [5, 5.41) is 0. The Hall–Kier alpha value is -0.0400. The molecule has 1 aliphatic carbocycles. The number of quaternary nitrogens is 1. The Morgan fingerprint density at radius 2 is 1.93 bits per heavy atom. The standard InChI is InChI=1S/C13H26N/c1-6-14(5)9-11-7-8-13(4,10-14)12(11,2)3/h11H,6-10H2,1-5H3/q+1/t11-,13+,14-/m1/s1. The van der Waals surface area contributed by atoms with Gasteiger partial charge >= 0.3 is 0 Å². The molecule has 1 saturated heterocycles. The zero-order valence-corrected chi connectivity index (χ0v) is 10.6. The summed E-state index contributed by atoms with van der Waals surface area (Å²) in [4.78, 5) is 0. The Kier molecular flexibility index (Phi) is 2.06. The molecule has 1 saturated carbocycles. The lowest BCUT2D eigenvalue weighted by molar-refractivity contribution is -0.924. The molecular formula is C13H26N+. The Morgan fingerprint density at radius 1 is 1.29 bits per heavy atom. The molecule has 1 aliphatic heterocycles. The molecule has 2 bridgehead atoms. The van der Waals surface area contributed by atoms with Gasteiger partial charge in [-0.05, 0) is 25.2 Å². The van der Waals surface area contributed by atoms with E-state index in [4.69, 9.17) is 0 Å². The molecular weight excluding hydrogens is 170 g/mol. The molecule has 0 radical (unpaired) electrons. The van der Waals surface area contributed by atoms with E-state index in [0.29, 0.717) is 10.8 Å². The van der Waals surface area contributed by atoms with Gasteiger partial charge < -0.3 is 4.48 Å². The van der Waals surface area contributed by atoms with E-state index in [2.05, 4.69) is 34.7 Å². The lowest BCUT2D eigenvalue weighted by atomic mass is 9.62. The maximum absolute atomic E-state index is 2.53. The van der Waals surface area contributed by atoms with Gasteiger partial charge in [0, 0.05) is 11.3 Å². The van der Waals surface area contributed by atoms with Crippen molar-refractivity contribution in [1.82, 2.24) is 0 Å². The lowest BCUT2D eigenvalue weighted by Crippen LogP contribution is -2.61. The van der Waals surface area contributed by atoms with Crippen LogP contribution in [0.4, 0.5) is 0 Å². The van der Waals surface area contributed by atoms with Crippen LogP contribution in [0.2, 0.25) is 0 Å². The highest BCUT2D eigenvalue weighted by molar-refractivity contribution is 5.02. The SMILES string of the molecule is CC[N@+]1(C)C[C@H]2CC[C@@](C)(C1)C2(C)C. The second-order valence-corrected chi connectivity index (χ2v) is 6.79. The topological polar surface area (TPSA) is 0 Å². The summed E-state index contributed by atoms with van der Waals surface area (Å²) in [6, 6.07) is 0. The fourth-order valence-corrected chi connectivity index (χ4v) is 3.95. The molecule has 1 nitrogen and oxygen atoms in total. The molecule has 1 heteroatoms. The Bertz CT molecular complexity index is 246. The van der Waals surface area contributed by atoms with Crippen molar-refractivity contribution in [3.8, 4) is 0 Å². The minimum atomic E-state index is 0.583. The van der Waals surface area contributed by atoms with Crippen LogP contribution in [0.15, 0.2) is 0 Å². The zero-order chi connectivity index (χ0) is 10.6. The number of hydrogen-bond donors (Lipinski definition) is 0. The van der Waals surface area contributed by atoms with Gasteiger partial charge in [-0.25, -0.2) is 0 Å². The predicted molar refractivity (Wildman–Crippen MR) is 61.1 cm³/mol. The quantitative estimate of drug-likeness (QED) is 0.566. The second-order valence-electron chi connectivity index (χ2n) is 6.79. The van der Waals surface area contributed by atoms with Gasteiger partial charge in [-0.3, -0.25) is 0 Å². The molecule has 0 aromatic rings. The molecule has 82 valence electrons. The molecule has 3 atom stereocenters. The van der Waals surface area contributed by atoms with Gasteiger partial charge in [0.2, 0.25) is 0 Å². The lowest BCUT2D eigenvalue weighted by Gasteiger charge is -2.53. The van der Waals surface area contributed by atoms with Gasteiger partial charge in [0.1, 0.15) is 0 Å². The van der Waals surface area contributed by atoms with Crippen molar-refractivity contribution in [2.75, 3.05) is 26.7 Å². The van der Waals surface area contributed by atoms with Crippen LogP contribution in [0, 0.1) is 16.7 Å². The molecule has 0 unspecified atom stereocenters. The molecule has 0 spiro atoms. The first-order valence-electron chi connectivity index (χ1n) is 6.17. The first kappa shape index (κ1) is 10.5. The minimum absolute atomic E-state index is 0.583. The smallest absolute Gasteiger partial charge is 0.0844 e. The van der Waals surface area contributed by atoms with Crippen LogP contribution < -0.4 is 0 Å². The van der Waals surface area contributed by atoms with Crippen LogP contribution in [0.5, 0.6) is 0 Å². The summed E-state index contributed by atoms with van der Waals surface area (Å²) in [7, 11) is 2.45. The first-order valence-corrected chi connectivity index (χ1v) is 6.17. The third-order valence-corrected chi connectivity index (χ3v) is 5.78. The van der Waals surface area contributed by atoms with E-state index in [1.165, 1.54) is 37.0 Å². The highest BCUT2D eigenvalue weighted by atomic mass is 15.3. The molecule has 2 rings (SSSR count). The zero-order valence-electron chi connectivity index (χ0n) is 10.6. The van der Waals surface area contributed by atoms with Crippen molar-refractivity contribution in [1.29, 1.82) is 0 Å². The first-order chi connectivity index (χ1) is 6.33. The summed E-state index contributed by atoms with van der Waals surface area (Å²) in [6.45, 7) is 14.0. The number of fused-ring (bicyclic) bond motifs is 2. The average Bonchev–Trinajstić information content (AvgIpc) is 2.24. The predicted octanol–water partition coefficient (Wildman–Crippen LogP) is 2.91. The van der Waals surface area contributed by atoms with E-state index in [9.17, 15) is 0 Å². The molecule has 0 aromatic carbocycles. The van der Waals surface area contributed by atoms with Gasteiger partial charge in [-0.1, -0.05) is 20.8 Å². The molecule has 0 amide bonds. The van der Waals surface area contributed by atoms with Crippen molar-refractivity contribution in [3.05, 3.63) is 0 Å². The van der Waals surface area contributed by atoms with Crippen LogP contribution in [-0.2, 0) is 0 Å². The number of rotatable bonds is 1. The highest BCUT2D eigenvalue weighted by Gasteiger charge is 2.59. The molecule has 0 N–H and O–H groups in total. The third kappa shape index (κ3) is 1.18.